The van der Waals surface area contributed by atoms with Crippen molar-refractivity contribution in [1.82, 2.24) is 14.8 Å². The first-order valence-corrected chi connectivity index (χ1v) is 13.8. The summed E-state index contributed by atoms with van der Waals surface area (Å²) in [5, 5.41) is 16.9. The molecule has 4 rings (SSSR count). The second kappa shape index (κ2) is 9.75. The molecule has 0 spiro atoms. The van der Waals surface area contributed by atoms with E-state index >= 15 is 0 Å². The number of aryl methyl sites for hydroxylation is 1. The summed E-state index contributed by atoms with van der Waals surface area (Å²) in [7, 11) is -3.88. The van der Waals surface area contributed by atoms with E-state index in [-0.39, 0.29) is 21.6 Å². The van der Waals surface area contributed by atoms with E-state index in [9.17, 15) is 13.2 Å². The summed E-state index contributed by atoms with van der Waals surface area (Å²) < 4.78 is 25.4. The normalized spacial score (nSPS) is 13.6. The minimum absolute atomic E-state index is 0.0620. The topological polar surface area (TPSA) is 120 Å². The van der Waals surface area contributed by atoms with Crippen molar-refractivity contribution >= 4 is 60.9 Å². The van der Waals surface area contributed by atoms with E-state index in [0.717, 1.165) is 24.9 Å². The molecule has 0 aliphatic heterocycles. The highest BCUT2D eigenvalue weighted by Crippen LogP contribution is 2.33. The Bertz CT molecular complexity index is 1340. The van der Waals surface area contributed by atoms with Crippen LogP contribution in [0.4, 0.5) is 5.69 Å². The largest absolute Gasteiger partial charge is 0.324 e. The third-order valence-corrected chi connectivity index (χ3v) is 8.12. The number of halogens is 2. The van der Waals surface area contributed by atoms with Crippen molar-refractivity contribution in [2.24, 2.45) is 5.14 Å². The SMILES string of the molecule is Cc1ccc(-n2c(Br)nnc2SCC(=O)Nc2ccc(S(N)(=O)=O)cc2Cl)c2c1CCCC2. The monoisotopic (exact) mass is 569 g/mol. The molecule has 0 atom stereocenters. The van der Waals surface area contributed by atoms with Crippen LogP contribution in [0, 0.1) is 6.92 Å². The molecule has 1 aromatic heterocycles. The highest BCUT2D eigenvalue weighted by molar-refractivity contribution is 9.10. The van der Waals surface area contributed by atoms with Gasteiger partial charge in [0.1, 0.15) is 0 Å². The van der Waals surface area contributed by atoms with Gasteiger partial charge in [0.15, 0.2) is 5.16 Å². The minimum atomic E-state index is -3.88. The molecule has 0 radical (unpaired) electrons. The van der Waals surface area contributed by atoms with Gasteiger partial charge in [-0.1, -0.05) is 29.4 Å². The number of carbonyl (C=O) groups excluding carboxylic acids is 1. The van der Waals surface area contributed by atoms with Gasteiger partial charge in [-0.3, -0.25) is 9.36 Å². The number of hydrogen-bond acceptors (Lipinski definition) is 6. The lowest BCUT2D eigenvalue weighted by Gasteiger charge is -2.22. The smallest absolute Gasteiger partial charge is 0.238 e. The lowest BCUT2D eigenvalue weighted by molar-refractivity contribution is -0.113. The Morgan fingerprint density at radius 3 is 2.64 bits per heavy atom. The van der Waals surface area contributed by atoms with Crippen LogP contribution in [0.3, 0.4) is 0 Å². The number of hydrogen-bond donors (Lipinski definition) is 2. The number of fused-ring (bicyclic) bond motifs is 1. The molecule has 174 valence electrons. The first kappa shape index (κ1) is 24.2. The van der Waals surface area contributed by atoms with Crippen LogP contribution >= 0.6 is 39.3 Å². The van der Waals surface area contributed by atoms with Gasteiger partial charge in [-0.25, -0.2) is 13.6 Å². The average Bonchev–Trinajstić information content (AvgIpc) is 3.14. The average molecular weight is 571 g/mol. The predicted octanol–water partition coefficient (Wildman–Crippen LogP) is 4.25. The second-order valence-corrected chi connectivity index (χ2v) is 11.3. The van der Waals surface area contributed by atoms with Crippen LogP contribution < -0.4 is 10.5 Å². The Morgan fingerprint density at radius 1 is 1.21 bits per heavy atom. The number of nitrogens with one attached hydrogen (secondary N) is 1. The molecule has 3 N–H and O–H groups in total. The van der Waals surface area contributed by atoms with E-state index in [0.29, 0.717) is 15.6 Å². The molecule has 1 amide bonds. The fourth-order valence-corrected chi connectivity index (χ4v) is 6.01. The van der Waals surface area contributed by atoms with Gasteiger partial charge in [0.25, 0.3) is 0 Å². The summed E-state index contributed by atoms with van der Waals surface area (Å²) in [5.41, 5.74) is 5.29. The number of thioether (sulfide) groups is 1. The Balaban J connectivity index is 1.52. The van der Waals surface area contributed by atoms with Gasteiger partial charge in [0.05, 0.1) is 27.0 Å². The van der Waals surface area contributed by atoms with Gasteiger partial charge in [0, 0.05) is 0 Å². The molecule has 0 unspecified atom stereocenters. The van der Waals surface area contributed by atoms with Crippen molar-refractivity contribution in [3.05, 3.63) is 56.8 Å². The second-order valence-electron chi connectivity index (χ2n) is 7.68. The molecule has 0 saturated carbocycles. The Kier molecular flexibility index (Phi) is 7.15. The molecule has 0 fully saturated rings. The molecule has 1 aliphatic carbocycles. The van der Waals surface area contributed by atoms with Gasteiger partial charge in [-0.2, -0.15) is 0 Å². The summed E-state index contributed by atoms with van der Waals surface area (Å²) in [6, 6.07) is 8.08. The standard InChI is InChI=1S/C21H21BrClN5O3S2/c1-12-6-9-18(15-5-3-2-4-14(12)15)28-20(22)26-27-21(28)32-11-19(29)25-17-8-7-13(10-16(17)23)33(24,30)31/h6-10H,2-5,11H2,1H3,(H,25,29)(H2,24,30,31). The van der Waals surface area contributed by atoms with Crippen LogP contribution in [0.25, 0.3) is 5.69 Å². The van der Waals surface area contributed by atoms with E-state index < -0.39 is 10.0 Å². The zero-order valence-corrected chi connectivity index (χ0v) is 21.6. The fourth-order valence-electron chi connectivity index (χ4n) is 3.88. The summed E-state index contributed by atoms with van der Waals surface area (Å²) in [6.07, 6.45) is 4.38. The van der Waals surface area contributed by atoms with Crippen molar-refractivity contribution in [3.63, 3.8) is 0 Å². The number of benzene rings is 2. The summed E-state index contributed by atoms with van der Waals surface area (Å²) >= 11 is 10.8. The third-order valence-electron chi connectivity index (χ3n) is 5.45. The zero-order chi connectivity index (χ0) is 23.8. The first-order chi connectivity index (χ1) is 15.6. The maximum absolute atomic E-state index is 12.5. The number of carbonyl (C=O) groups is 1. The van der Waals surface area contributed by atoms with Crippen LogP contribution in [0.15, 0.2) is 45.1 Å². The van der Waals surface area contributed by atoms with Crippen molar-refractivity contribution in [2.45, 2.75) is 42.7 Å². The van der Waals surface area contributed by atoms with Gasteiger partial charge in [0.2, 0.25) is 20.7 Å². The summed E-state index contributed by atoms with van der Waals surface area (Å²) in [5.74, 6) is -0.256. The number of rotatable bonds is 6. The van der Waals surface area contributed by atoms with E-state index in [1.807, 2.05) is 4.57 Å². The number of nitrogens with zero attached hydrogens (tertiary/aromatic N) is 3. The van der Waals surface area contributed by atoms with Gasteiger partial charge in [-0.15, -0.1) is 10.2 Å². The maximum atomic E-state index is 12.5. The van der Waals surface area contributed by atoms with Crippen LogP contribution in [0.2, 0.25) is 5.02 Å². The highest BCUT2D eigenvalue weighted by atomic mass is 79.9. The van der Waals surface area contributed by atoms with Gasteiger partial charge in [-0.05, 0) is 89.5 Å². The molecular weight excluding hydrogens is 550 g/mol. The molecule has 1 aliphatic rings. The third kappa shape index (κ3) is 5.27. The predicted molar refractivity (Wildman–Crippen MR) is 133 cm³/mol. The first-order valence-electron chi connectivity index (χ1n) is 10.1. The van der Waals surface area contributed by atoms with Crippen molar-refractivity contribution in [1.29, 1.82) is 0 Å². The maximum Gasteiger partial charge on any atom is 0.238 e. The Labute approximate surface area is 209 Å². The lowest BCUT2D eigenvalue weighted by atomic mass is 9.87. The quantitative estimate of drug-likeness (QED) is 0.428. The molecule has 8 nitrogen and oxygen atoms in total. The summed E-state index contributed by atoms with van der Waals surface area (Å²) in [6.45, 7) is 2.13. The van der Waals surface area contributed by atoms with Gasteiger partial charge < -0.3 is 5.32 Å². The molecule has 3 aromatic rings. The molecule has 0 saturated heterocycles. The minimum Gasteiger partial charge on any atom is -0.324 e. The molecule has 33 heavy (non-hydrogen) atoms. The molecule has 1 heterocycles. The Hall–Kier alpha value is -1.92. The van der Waals surface area contributed by atoms with E-state index in [1.165, 1.54) is 53.1 Å². The molecule has 2 aromatic carbocycles. The van der Waals surface area contributed by atoms with Crippen LogP contribution in [-0.2, 0) is 27.7 Å². The summed E-state index contributed by atoms with van der Waals surface area (Å²) in [4.78, 5) is 12.4. The molecular formula is C21H21BrClN5O3S2. The lowest BCUT2D eigenvalue weighted by Crippen LogP contribution is -2.16. The number of sulfonamides is 1. The molecule has 12 heteroatoms. The molecule has 0 bridgehead atoms. The highest BCUT2D eigenvalue weighted by Gasteiger charge is 2.21. The van der Waals surface area contributed by atoms with Gasteiger partial charge >= 0.3 is 0 Å². The number of anilines is 1. The van der Waals surface area contributed by atoms with Crippen LogP contribution in [0.5, 0.6) is 0 Å². The number of amides is 1. The Morgan fingerprint density at radius 2 is 1.94 bits per heavy atom. The van der Waals surface area contributed by atoms with Crippen molar-refractivity contribution in [3.8, 4) is 5.69 Å². The van der Waals surface area contributed by atoms with E-state index in [1.54, 1.807) is 0 Å². The van der Waals surface area contributed by atoms with Crippen molar-refractivity contribution < 1.29 is 13.2 Å². The van der Waals surface area contributed by atoms with E-state index in [4.69, 9.17) is 16.7 Å². The van der Waals surface area contributed by atoms with Crippen molar-refractivity contribution in [2.75, 3.05) is 11.1 Å². The number of primary sulfonamides is 1. The van der Waals surface area contributed by atoms with Crippen LogP contribution in [-0.4, -0.2) is 34.8 Å². The fraction of sp³-hybridized carbons (Fsp3) is 0.286. The van der Waals surface area contributed by atoms with E-state index in [2.05, 4.69) is 50.5 Å². The number of nitrogens with two attached hydrogens (primary N) is 1. The number of aromatic nitrogens is 3. The zero-order valence-electron chi connectivity index (χ0n) is 17.6. The van der Waals surface area contributed by atoms with Crippen LogP contribution in [0.1, 0.15) is 29.5 Å².